The van der Waals surface area contributed by atoms with Gasteiger partial charge < -0.3 is 20.1 Å². The molecule has 0 spiro atoms. The fourth-order valence-electron chi connectivity index (χ4n) is 2.36. The molecule has 2 N–H and O–H groups in total. The summed E-state index contributed by atoms with van der Waals surface area (Å²) >= 11 is 1.55. The lowest BCUT2D eigenvalue weighted by molar-refractivity contribution is -0.166. The van der Waals surface area contributed by atoms with Crippen molar-refractivity contribution in [1.29, 1.82) is 0 Å². The lowest BCUT2D eigenvalue weighted by atomic mass is 10.2. The van der Waals surface area contributed by atoms with Crippen LogP contribution in [0.5, 0.6) is 0 Å². The lowest BCUT2D eigenvalue weighted by Gasteiger charge is -2.32. The average Bonchev–Trinajstić information content (AvgIpc) is 3.13. The van der Waals surface area contributed by atoms with Gasteiger partial charge in [0.05, 0.1) is 18.2 Å². The molecule has 3 heterocycles. The van der Waals surface area contributed by atoms with Gasteiger partial charge in [0, 0.05) is 36.3 Å². The number of amides is 1. The van der Waals surface area contributed by atoms with Gasteiger partial charge in [-0.25, -0.2) is 0 Å². The third-order valence-electron chi connectivity index (χ3n) is 3.44. The molecule has 116 valence electrons. The molecule has 2 aromatic heterocycles. The quantitative estimate of drug-likeness (QED) is 0.892. The summed E-state index contributed by atoms with van der Waals surface area (Å²) in [4.78, 5) is 18.0. The van der Waals surface area contributed by atoms with Crippen molar-refractivity contribution in [3.63, 3.8) is 0 Å². The molecule has 6 nitrogen and oxygen atoms in total. The van der Waals surface area contributed by atoms with Crippen molar-refractivity contribution in [3.05, 3.63) is 36.7 Å². The van der Waals surface area contributed by atoms with E-state index in [4.69, 9.17) is 4.74 Å². The number of ether oxygens (including phenoxy) is 1. The van der Waals surface area contributed by atoms with Gasteiger partial charge in [0.15, 0.2) is 0 Å². The van der Waals surface area contributed by atoms with Crippen molar-refractivity contribution in [2.24, 2.45) is 0 Å². The Bertz CT molecular complexity index is 661. The van der Waals surface area contributed by atoms with Gasteiger partial charge in [-0.05, 0) is 18.2 Å². The smallest absolute Gasteiger partial charge is 0.268 e. The molecule has 0 bridgehead atoms. The summed E-state index contributed by atoms with van der Waals surface area (Å²) in [6.45, 7) is 2.43. The van der Waals surface area contributed by atoms with Gasteiger partial charge in [-0.15, -0.1) is 11.3 Å². The number of hydrogen-bond acceptors (Lipinski definition) is 6. The summed E-state index contributed by atoms with van der Waals surface area (Å²) in [5.74, 6) is -1.70. The number of carbonyl (C=O) groups is 1. The lowest BCUT2D eigenvalue weighted by Crippen LogP contribution is -2.53. The highest BCUT2D eigenvalue weighted by Gasteiger charge is 2.41. The molecule has 22 heavy (non-hydrogen) atoms. The van der Waals surface area contributed by atoms with E-state index in [0.29, 0.717) is 13.2 Å². The van der Waals surface area contributed by atoms with Crippen LogP contribution in [-0.4, -0.2) is 41.6 Å². The van der Waals surface area contributed by atoms with Gasteiger partial charge in [-0.3, -0.25) is 9.78 Å². The zero-order valence-corrected chi connectivity index (χ0v) is 13.0. The summed E-state index contributed by atoms with van der Waals surface area (Å²) in [6.07, 6.45) is 3.54. The van der Waals surface area contributed by atoms with Crippen LogP contribution in [-0.2, 0) is 9.53 Å². The Morgan fingerprint density at radius 1 is 1.55 bits per heavy atom. The first kappa shape index (κ1) is 15.0. The molecule has 7 heteroatoms. The van der Waals surface area contributed by atoms with Crippen molar-refractivity contribution in [1.82, 2.24) is 10.3 Å². The largest absolute Gasteiger partial charge is 0.349 e. The molecule has 1 aliphatic rings. The second-order valence-corrected chi connectivity index (χ2v) is 6.09. The molecule has 0 aromatic carbocycles. The summed E-state index contributed by atoms with van der Waals surface area (Å²) in [6, 6.07) is 7.82. The molecule has 1 aliphatic heterocycles. The van der Waals surface area contributed by atoms with Crippen molar-refractivity contribution in [3.8, 4) is 10.4 Å². The van der Waals surface area contributed by atoms with Gasteiger partial charge in [-0.1, -0.05) is 6.07 Å². The van der Waals surface area contributed by atoms with Crippen LogP contribution in [0.4, 0.5) is 5.00 Å². The number of rotatable bonds is 4. The molecule has 1 atom stereocenters. The van der Waals surface area contributed by atoms with Crippen LogP contribution in [0.25, 0.3) is 10.4 Å². The average molecular weight is 319 g/mol. The number of carbonyl (C=O) groups excluding carboxylic acids is 1. The summed E-state index contributed by atoms with van der Waals surface area (Å²) in [5, 5.41) is 14.1. The van der Waals surface area contributed by atoms with E-state index in [1.165, 1.54) is 6.92 Å². The molecule has 0 aliphatic carbocycles. The maximum atomic E-state index is 11.1. The Morgan fingerprint density at radius 3 is 3.14 bits per heavy atom. The number of aromatic nitrogens is 1. The van der Waals surface area contributed by atoms with Crippen LogP contribution in [0.15, 0.2) is 36.7 Å². The van der Waals surface area contributed by atoms with Crippen LogP contribution in [0.3, 0.4) is 0 Å². The highest BCUT2D eigenvalue weighted by Crippen LogP contribution is 2.37. The molecule has 1 unspecified atom stereocenters. The predicted octanol–water partition coefficient (Wildman–Crippen LogP) is 1.43. The Kier molecular flexibility index (Phi) is 4.10. The highest BCUT2D eigenvalue weighted by molar-refractivity contribution is 7.19. The van der Waals surface area contributed by atoms with Crippen LogP contribution >= 0.6 is 11.3 Å². The summed E-state index contributed by atoms with van der Waals surface area (Å²) in [7, 11) is 0. The van der Waals surface area contributed by atoms with Crippen molar-refractivity contribution >= 4 is 22.2 Å². The third-order valence-corrected chi connectivity index (χ3v) is 4.60. The molecule has 0 radical (unpaired) electrons. The standard InChI is InChI=1S/C15H17N3O3S/c1-11(19)17-10-15(20)18(7-8-21-15)14-5-4-13(22-14)12-3-2-6-16-9-12/h2-6,9,20H,7-8,10H2,1H3,(H,17,19). The SMILES string of the molecule is CC(=O)NCC1(O)OCCN1c1ccc(-c2cccnc2)s1. The van der Waals surface area contributed by atoms with E-state index < -0.39 is 5.91 Å². The maximum absolute atomic E-state index is 11.1. The Morgan fingerprint density at radius 2 is 2.41 bits per heavy atom. The number of aliphatic hydroxyl groups is 1. The number of hydrogen-bond donors (Lipinski definition) is 2. The van der Waals surface area contributed by atoms with Gasteiger partial charge in [0.2, 0.25) is 5.91 Å². The predicted molar refractivity (Wildman–Crippen MR) is 84.5 cm³/mol. The number of nitrogens with zero attached hydrogens (tertiary/aromatic N) is 2. The van der Waals surface area contributed by atoms with E-state index in [2.05, 4.69) is 10.3 Å². The van der Waals surface area contributed by atoms with E-state index in [0.717, 1.165) is 15.4 Å². The number of anilines is 1. The minimum absolute atomic E-state index is 0.0302. The number of nitrogens with one attached hydrogen (secondary N) is 1. The minimum atomic E-state index is -1.50. The Hall–Kier alpha value is -1.96. The van der Waals surface area contributed by atoms with E-state index in [1.54, 1.807) is 28.6 Å². The number of pyridine rings is 1. The van der Waals surface area contributed by atoms with E-state index in [9.17, 15) is 9.90 Å². The van der Waals surface area contributed by atoms with E-state index in [-0.39, 0.29) is 12.5 Å². The highest BCUT2D eigenvalue weighted by atomic mass is 32.1. The molecular formula is C15H17N3O3S. The Labute approximate surface area is 132 Å². The van der Waals surface area contributed by atoms with Crippen molar-refractivity contribution < 1.29 is 14.6 Å². The van der Waals surface area contributed by atoms with Crippen LogP contribution < -0.4 is 10.2 Å². The zero-order valence-electron chi connectivity index (χ0n) is 12.2. The molecule has 1 saturated heterocycles. The van der Waals surface area contributed by atoms with Gasteiger partial charge >= 0.3 is 0 Å². The first-order valence-electron chi connectivity index (χ1n) is 6.97. The summed E-state index contributed by atoms with van der Waals surface area (Å²) < 4.78 is 5.43. The second-order valence-electron chi connectivity index (χ2n) is 5.03. The van der Waals surface area contributed by atoms with E-state index in [1.807, 2.05) is 24.3 Å². The van der Waals surface area contributed by atoms with E-state index >= 15 is 0 Å². The van der Waals surface area contributed by atoms with Gasteiger partial charge in [0.25, 0.3) is 5.91 Å². The maximum Gasteiger partial charge on any atom is 0.268 e. The summed E-state index contributed by atoms with van der Waals surface area (Å²) in [5.41, 5.74) is 1.03. The Balaban J connectivity index is 1.81. The minimum Gasteiger partial charge on any atom is -0.349 e. The van der Waals surface area contributed by atoms with Crippen molar-refractivity contribution in [2.45, 2.75) is 12.8 Å². The van der Waals surface area contributed by atoms with Crippen LogP contribution in [0.1, 0.15) is 6.92 Å². The van der Waals surface area contributed by atoms with Crippen LogP contribution in [0, 0.1) is 0 Å². The molecule has 1 fully saturated rings. The topological polar surface area (TPSA) is 74.7 Å². The zero-order chi connectivity index (χ0) is 15.6. The van der Waals surface area contributed by atoms with Crippen LogP contribution in [0.2, 0.25) is 0 Å². The van der Waals surface area contributed by atoms with Gasteiger partial charge in [0.1, 0.15) is 0 Å². The molecule has 3 rings (SSSR count). The molecule has 1 amide bonds. The monoisotopic (exact) mass is 319 g/mol. The first-order chi connectivity index (χ1) is 10.6. The number of thiophene rings is 1. The third kappa shape index (κ3) is 2.96. The fourth-order valence-corrected chi connectivity index (χ4v) is 3.44. The second kappa shape index (κ2) is 6.04. The van der Waals surface area contributed by atoms with Gasteiger partial charge in [-0.2, -0.15) is 0 Å². The molecular weight excluding hydrogens is 302 g/mol. The first-order valence-corrected chi connectivity index (χ1v) is 7.79. The molecule has 2 aromatic rings. The normalized spacial score (nSPS) is 21.1. The molecule has 0 saturated carbocycles. The van der Waals surface area contributed by atoms with Crippen molar-refractivity contribution in [2.75, 3.05) is 24.6 Å². The fraction of sp³-hybridized carbons (Fsp3) is 0.333.